The van der Waals surface area contributed by atoms with Crippen LogP contribution in [0.5, 0.6) is 0 Å². The average molecular weight is 333 g/mol. The summed E-state index contributed by atoms with van der Waals surface area (Å²) in [4.78, 5) is 15.3. The Morgan fingerprint density at radius 3 is 2.38 bits per heavy atom. The second-order valence-electron chi connectivity index (χ2n) is 9.83. The molecule has 3 nitrogen and oxygen atoms in total. The minimum atomic E-state index is -0.0908. The van der Waals surface area contributed by atoms with Gasteiger partial charge in [-0.3, -0.25) is 4.79 Å². The maximum absolute atomic E-state index is 13.2. The largest absolute Gasteiger partial charge is 0.337 e. The molecule has 1 N–H and O–H groups in total. The van der Waals surface area contributed by atoms with E-state index in [1.165, 1.54) is 5.57 Å². The van der Waals surface area contributed by atoms with Crippen molar-refractivity contribution in [1.82, 2.24) is 10.2 Å². The summed E-state index contributed by atoms with van der Waals surface area (Å²) < 4.78 is 0. The minimum Gasteiger partial charge on any atom is -0.337 e. The van der Waals surface area contributed by atoms with Gasteiger partial charge in [0.1, 0.15) is 0 Å². The summed E-state index contributed by atoms with van der Waals surface area (Å²) in [5, 5.41) is 3.28. The Hall–Kier alpha value is -1.09. The topological polar surface area (TPSA) is 32.3 Å². The van der Waals surface area contributed by atoms with Gasteiger partial charge >= 0.3 is 0 Å². The van der Waals surface area contributed by atoms with E-state index >= 15 is 0 Å². The number of carbonyl (C=O) groups is 1. The monoisotopic (exact) mass is 332 g/mol. The maximum Gasteiger partial charge on any atom is 0.240 e. The van der Waals surface area contributed by atoms with Crippen LogP contribution in [0.15, 0.2) is 23.8 Å². The van der Waals surface area contributed by atoms with Crippen LogP contribution in [0.4, 0.5) is 0 Å². The van der Waals surface area contributed by atoms with E-state index in [1.807, 2.05) is 7.05 Å². The summed E-state index contributed by atoms with van der Waals surface area (Å²) in [5.74, 6) is 0.256. The summed E-state index contributed by atoms with van der Waals surface area (Å²) in [6.07, 6.45) is 9.63. The molecule has 3 heteroatoms. The van der Waals surface area contributed by atoms with Crippen molar-refractivity contribution < 1.29 is 4.79 Å². The predicted molar refractivity (Wildman–Crippen MR) is 102 cm³/mol. The molecule has 1 saturated heterocycles. The van der Waals surface area contributed by atoms with Crippen LogP contribution in [0.25, 0.3) is 0 Å². The Balaban J connectivity index is 2.24. The lowest BCUT2D eigenvalue weighted by Crippen LogP contribution is -2.48. The second kappa shape index (κ2) is 6.67. The fourth-order valence-corrected chi connectivity index (χ4v) is 4.44. The zero-order valence-electron chi connectivity index (χ0n) is 16.7. The highest BCUT2D eigenvalue weighted by atomic mass is 16.2. The molecule has 1 aliphatic carbocycles. The number of rotatable bonds is 3. The lowest BCUT2D eigenvalue weighted by atomic mass is 9.71. The molecular weight excluding hydrogens is 296 g/mol. The van der Waals surface area contributed by atoms with Crippen molar-refractivity contribution in [2.24, 2.45) is 16.2 Å². The number of nitrogens with one attached hydrogen (secondary N) is 1. The number of hydrogen-bond donors (Lipinski definition) is 1. The van der Waals surface area contributed by atoms with Crippen molar-refractivity contribution in [3.05, 3.63) is 23.8 Å². The third kappa shape index (κ3) is 4.50. The number of amides is 1. The summed E-state index contributed by atoms with van der Waals surface area (Å²) in [5.41, 5.74) is 1.81. The van der Waals surface area contributed by atoms with Crippen molar-refractivity contribution in [2.75, 3.05) is 20.1 Å². The molecule has 0 aromatic carbocycles. The predicted octanol–water partition coefficient (Wildman–Crippen LogP) is 4.16. The molecule has 0 spiro atoms. The van der Waals surface area contributed by atoms with E-state index in [9.17, 15) is 4.79 Å². The van der Waals surface area contributed by atoms with Gasteiger partial charge in [-0.2, -0.15) is 0 Å². The molecule has 0 bridgehead atoms. The normalized spacial score (nSPS) is 29.0. The van der Waals surface area contributed by atoms with E-state index < -0.39 is 0 Å². The van der Waals surface area contributed by atoms with E-state index in [1.54, 1.807) is 0 Å². The highest BCUT2D eigenvalue weighted by molar-refractivity contribution is 5.82. The van der Waals surface area contributed by atoms with Crippen molar-refractivity contribution in [2.45, 2.75) is 66.8 Å². The van der Waals surface area contributed by atoms with Crippen LogP contribution >= 0.6 is 0 Å². The zero-order valence-corrected chi connectivity index (χ0v) is 16.7. The number of carbonyl (C=O) groups excluding carboxylic acids is 1. The Kier molecular flexibility index (Phi) is 5.34. The summed E-state index contributed by atoms with van der Waals surface area (Å²) in [6.45, 7) is 15.3. The molecule has 24 heavy (non-hydrogen) atoms. The molecule has 1 unspecified atom stereocenters. The number of nitrogens with zero attached hydrogens (tertiary/aromatic N) is 1. The van der Waals surface area contributed by atoms with Gasteiger partial charge in [-0.15, -0.1) is 0 Å². The van der Waals surface area contributed by atoms with Gasteiger partial charge in [-0.25, -0.2) is 0 Å². The van der Waals surface area contributed by atoms with Crippen molar-refractivity contribution >= 4 is 5.91 Å². The van der Waals surface area contributed by atoms with E-state index in [-0.39, 0.29) is 28.2 Å². The third-order valence-electron chi connectivity index (χ3n) is 5.73. The zero-order chi connectivity index (χ0) is 18.2. The van der Waals surface area contributed by atoms with Crippen LogP contribution in [0.1, 0.15) is 60.8 Å². The third-order valence-corrected chi connectivity index (χ3v) is 5.73. The van der Waals surface area contributed by atoms with Gasteiger partial charge in [0.25, 0.3) is 0 Å². The van der Waals surface area contributed by atoms with Crippen molar-refractivity contribution in [3.63, 3.8) is 0 Å². The summed E-state index contributed by atoms with van der Waals surface area (Å²) >= 11 is 0. The standard InChI is InChI=1S/C21H36N2O/c1-19(2)11-12-23(14-16-9-8-10-21(16,5)6)18(24)17(22-7)13-20(3,4)15-19/h8-10,17,22H,11-15H2,1-7H3. The molecule has 1 amide bonds. The van der Waals surface area contributed by atoms with Gasteiger partial charge in [-0.1, -0.05) is 59.8 Å². The van der Waals surface area contributed by atoms with Crippen LogP contribution in [0.3, 0.4) is 0 Å². The Bertz CT molecular complexity index is 540. The number of allylic oxidation sites excluding steroid dienone is 3. The van der Waals surface area contributed by atoms with Gasteiger partial charge in [0.05, 0.1) is 6.04 Å². The Morgan fingerprint density at radius 2 is 1.83 bits per heavy atom. The molecular formula is C21H36N2O. The molecule has 1 atom stereocenters. The van der Waals surface area contributed by atoms with E-state index in [0.29, 0.717) is 0 Å². The van der Waals surface area contributed by atoms with E-state index in [2.05, 4.69) is 70.0 Å². The first-order valence-electron chi connectivity index (χ1n) is 9.31. The smallest absolute Gasteiger partial charge is 0.240 e. The molecule has 0 radical (unpaired) electrons. The molecule has 0 saturated carbocycles. The van der Waals surface area contributed by atoms with Crippen molar-refractivity contribution in [1.29, 1.82) is 0 Å². The highest BCUT2D eigenvalue weighted by Crippen LogP contribution is 2.41. The second-order valence-corrected chi connectivity index (χ2v) is 9.83. The minimum absolute atomic E-state index is 0.0582. The first-order valence-corrected chi connectivity index (χ1v) is 9.31. The average Bonchev–Trinajstić information content (AvgIpc) is 2.77. The van der Waals surface area contributed by atoms with E-state index in [4.69, 9.17) is 0 Å². The van der Waals surface area contributed by atoms with Gasteiger partial charge < -0.3 is 10.2 Å². The van der Waals surface area contributed by atoms with Crippen molar-refractivity contribution in [3.8, 4) is 0 Å². The Labute approximate surface area is 148 Å². The van der Waals surface area contributed by atoms with Crippen LogP contribution in [0.2, 0.25) is 0 Å². The first kappa shape index (κ1) is 19.2. The molecule has 2 aliphatic rings. The molecule has 1 aliphatic heterocycles. The maximum atomic E-state index is 13.2. The fraction of sp³-hybridized carbons (Fsp3) is 0.762. The van der Waals surface area contributed by atoms with E-state index in [0.717, 1.165) is 32.4 Å². The summed E-state index contributed by atoms with van der Waals surface area (Å²) in [7, 11) is 1.92. The quantitative estimate of drug-likeness (QED) is 0.841. The molecule has 136 valence electrons. The lowest BCUT2D eigenvalue weighted by Gasteiger charge is -2.35. The number of likely N-dealkylation sites (N-methyl/N-ethyl adjacent to an activating group) is 1. The molecule has 0 aromatic rings. The van der Waals surface area contributed by atoms with Crippen LogP contribution in [-0.2, 0) is 4.79 Å². The highest BCUT2D eigenvalue weighted by Gasteiger charge is 2.37. The Morgan fingerprint density at radius 1 is 1.17 bits per heavy atom. The lowest BCUT2D eigenvalue weighted by molar-refractivity contribution is -0.133. The van der Waals surface area contributed by atoms with Gasteiger partial charge in [0.15, 0.2) is 0 Å². The molecule has 2 rings (SSSR count). The molecule has 0 aromatic heterocycles. The summed E-state index contributed by atoms with van der Waals surface area (Å²) in [6, 6.07) is -0.0908. The first-order chi connectivity index (χ1) is 11.0. The van der Waals surface area contributed by atoms with Crippen LogP contribution in [0, 0.1) is 16.2 Å². The van der Waals surface area contributed by atoms with Gasteiger partial charge in [0, 0.05) is 18.5 Å². The van der Waals surface area contributed by atoms with Crippen LogP contribution < -0.4 is 5.32 Å². The van der Waals surface area contributed by atoms with Gasteiger partial charge in [0.2, 0.25) is 5.91 Å². The SMILES string of the molecule is CNC1CC(C)(C)CC(C)(C)CCN(CC2=CC=CC2(C)C)C1=O. The molecule has 1 heterocycles. The van der Waals surface area contributed by atoms with Gasteiger partial charge in [-0.05, 0) is 42.7 Å². The fourth-order valence-electron chi connectivity index (χ4n) is 4.44. The van der Waals surface area contributed by atoms with Crippen LogP contribution in [-0.4, -0.2) is 37.0 Å². The molecule has 1 fully saturated rings. The number of hydrogen-bond acceptors (Lipinski definition) is 2.